The molecule has 1 fully saturated rings. The fraction of sp³-hybridized carbons (Fsp3) is 0.500. The molecule has 0 aliphatic heterocycles. The smallest absolute Gasteiger partial charge is 0.223 e. The molecule has 0 spiro atoms. The summed E-state index contributed by atoms with van der Waals surface area (Å²) in [4.78, 5) is 12.4. The van der Waals surface area contributed by atoms with Crippen molar-refractivity contribution in [1.82, 2.24) is 5.32 Å². The van der Waals surface area contributed by atoms with Crippen LogP contribution in [0.15, 0.2) is 18.2 Å². The van der Waals surface area contributed by atoms with Gasteiger partial charge in [0, 0.05) is 23.6 Å². The van der Waals surface area contributed by atoms with Crippen LogP contribution in [0.25, 0.3) is 0 Å². The minimum Gasteiger partial charge on any atom is -0.389 e. The first-order chi connectivity index (χ1) is 9.81. The topological polar surface area (TPSA) is 55.1 Å². The number of amides is 1. The summed E-state index contributed by atoms with van der Waals surface area (Å²) in [6.07, 6.45) is 3.03. The number of hydrogen-bond donors (Lipinski definition) is 2. The molecule has 1 aromatic carbocycles. The first-order valence-corrected chi connectivity index (χ1v) is 7.58. The highest BCUT2D eigenvalue weighted by Crippen LogP contribution is 2.42. The molecule has 1 aliphatic rings. The largest absolute Gasteiger partial charge is 0.389 e. The Labute approximate surface area is 130 Å². The van der Waals surface area contributed by atoms with E-state index in [4.69, 9.17) is 18.0 Å². The molecule has 0 radical (unpaired) electrons. The van der Waals surface area contributed by atoms with Crippen LogP contribution in [-0.4, -0.2) is 10.9 Å². The Morgan fingerprint density at radius 3 is 2.76 bits per heavy atom. The van der Waals surface area contributed by atoms with E-state index >= 15 is 0 Å². The van der Waals surface area contributed by atoms with Crippen molar-refractivity contribution in [2.75, 3.05) is 0 Å². The summed E-state index contributed by atoms with van der Waals surface area (Å²) in [5.74, 6) is -0.377. The summed E-state index contributed by atoms with van der Waals surface area (Å²) in [6, 6.07) is 4.60. The van der Waals surface area contributed by atoms with Crippen molar-refractivity contribution in [3.63, 3.8) is 0 Å². The fourth-order valence-corrected chi connectivity index (χ4v) is 3.09. The van der Waals surface area contributed by atoms with Gasteiger partial charge in [-0.25, -0.2) is 4.39 Å². The quantitative estimate of drug-likeness (QED) is 0.841. The van der Waals surface area contributed by atoms with Gasteiger partial charge in [0.25, 0.3) is 0 Å². The van der Waals surface area contributed by atoms with Gasteiger partial charge in [-0.2, -0.15) is 0 Å². The third-order valence-electron chi connectivity index (χ3n) is 4.36. The molecule has 1 saturated carbocycles. The van der Waals surface area contributed by atoms with Gasteiger partial charge in [-0.1, -0.05) is 44.6 Å². The van der Waals surface area contributed by atoms with Gasteiger partial charge in [-0.05, 0) is 24.3 Å². The molecule has 3 nitrogen and oxygen atoms in total. The minimum atomic E-state index is -0.397. The number of nitrogens with one attached hydrogen (secondary N) is 1. The van der Waals surface area contributed by atoms with Crippen molar-refractivity contribution >= 4 is 23.1 Å². The molecule has 1 aromatic rings. The van der Waals surface area contributed by atoms with Crippen molar-refractivity contribution in [2.24, 2.45) is 17.1 Å². The molecule has 3 N–H and O–H groups in total. The number of hydrogen-bond acceptors (Lipinski definition) is 2. The highest BCUT2D eigenvalue weighted by molar-refractivity contribution is 7.80. The van der Waals surface area contributed by atoms with Crippen LogP contribution >= 0.6 is 12.2 Å². The molecule has 1 unspecified atom stereocenters. The van der Waals surface area contributed by atoms with Crippen LogP contribution in [0.1, 0.15) is 44.2 Å². The lowest BCUT2D eigenvalue weighted by Crippen LogP contribution is -2.36. The highest BCUT2D eigenvalue weighted by Gasteiger charge is 2.39. The number of carbonyl (C=O) groups excluding carboxylic acids is 1. The van der Waals surface area contributed by atoms with Crippen LogP contribution in [0.3, 0.4) is 0 Å². The summed E-state index contributed by atoms with van der Waals surface area (Å²) >= 11 is 4.81. The van der Waals surface area contributed by atoms with Crippen LogP contribution in [0, 0.1) is 17.2 Å². The lowest BCUT2D eigenvalue weighted by molar-refractivity contribution is -0.127. The third kappa shape index (κ3) is 3.59. The first kappa shape index (κ1) is 15.9. The third-order valence-corrected chi connectivity index (χ3v) is 4.60. The Balaban J connectivity index is 2.00. The second-order valence-corrected chi connectivity index (χ2v) is 6.76. The average molecular weight is 308 g/mol. The number of thiocarbonyl (C=S) groups is 1. The zero-order valence-electron chi connectivity index (χ0n) is 12.4. The SMILES string of the molecule is CC1(C)CCCC1C(=O)NCc1ccc(C(N)=S)cc1F. The highest BCUT2D eigenvalue weighted by atomic mass is 32.1. The van der Waals surface area contributed by atoms with Crippen LogP contribution in [0.4, 0.5) is 4.39 Å². The van der Waals surface area contributed by atoms with Crippen LogP contribution in [0.2, 0.25) is 0 Å². The van der Waals surface area contributed by atoms with E-state index in [1.165, 1.54) is 6.07 Å². The number of halogens is 1. The zero-order chi connectivity index (χ0) is 15.6. The summed E-state index contributed by atoms with van der Waals surface area (Å²) in [6.45, 7) is 4.42. The lowest BCUT2D eigenvalue weighted by atomic mass is 9.81. The van der Waals surface area contributed by atoms with E-state index in [1.54, 1.807) is 12.1 Å². The molecule has 114 valence electrons. The molecule has 1 aliphatic carbocycles. The van der Waals surface area contributed by atoms with E-state index in [0.29, 0.717) is 11.1 Å². The van der Waals surface area contributed by atoms with Gasteiger partial charge in [0.15, 0.2) is 0 Å². The van der Waals surface area contributed by atoms with E-state index < -0.39 is 5.82 Å². The fourth-order valence-electron chi connectivity index (χ4n) is 2.96. The average Bonchev–Trinajstić information content (AvgIpc) is 2.76. The monoisotopic (exact) mass is 308 g/mol. The molecule has 5 heteroatoms. The summed E-state index contributed by atoms with van der Waals surface area (Å²) in [7, 11) is 0. The van der Waals surface area contributed by atoms with E-state index in [9.17, 15) is 9.18 Å². The maximum Gasteiger partial charge on any atom is 0.223 e. The Morgan fingerprint density at radius 2 is 2.24 bits per heavy atom. The number of carbonyl (C=O) groups is 1. The number of rotatable bonds is 4. The molecule has 0 bridgehead atoms. The number of benzene rings is 1. The van der Waals surface area contributed by atoms with Gasteiger partial charge in [-0.3, -0.25) is 4.79 Å². The molecule has 1 amide bonds. The van der Waals surface area contributed by atoms with Gasteiger partial charge >= 0.3 is 0 Å². The normalized spacial score (nSPS) is 20.2. The first-order valence-electron chi connectivity index (χ1n) is 7.17. The predicted octanol–water partition coefficient (Wildman–Crippen LogP) is 2.90. The molecule has 0 heterocycles. The van der Waals surface area contributed by atoms with Crippen LogP contribution in [-0.2, 0) is 11.3 Å². The lowest BCUT2D eigenvalue weighted by Gasteiger charge is -2.25. The van der Waals surface area contributed by atoms with Crippen molar-refractivity contribution in [3.05, 3.63) is 35.1 Å². The summed E-state index contributed by atoms with van der Waals surface area (Å²) in [5.41, 5.74) is 6.43. The van der Waals surface area contributed by atoms with Gasteiger partial charge in [0.2, 0.25) is 5.91 Å². The van der Waals surface area contributed by atoms with Crippen molar-refractivity contribution in [3.8, 4) is 0 Å². The van der Waals surface area contributed by atoms with Crippen LogP contribution in [0.5, 0.6) is 0 Å². The molecule has 1 atom stereocenters. The maximum atomic E-state index is 13.9. The summed E-state index contributed by atoms with van der Waals surface area (Å²) < 4.78 is 13.9. The van der Waals surface area contributed by atoms with Gasteiger partial charge in [0.05, 0.1) is 0 Å². The van der Waals surface area contributed by atoms with E-state index in [0.717, 1.165) is 19.3 Å². The minimum absolute atomic E-state index is 0.00956. The van der Waals surface area contributed by atoms with Gasteiger partial charge in [-0.15, -0.1) is 0 Å². The second-order valence-electron chi connectivity index (χ2n) is 6.32. The van der Waals surface area contributed by atoms with Crippen molar-refractivity contribution < 1.29 is 9.18 Å². The van der Waals surface area contributed by atoms with E-state index in [-0.39, 0.29) is 28.8 Å². The van der Waals surface area contributed by atoms with E-state index in [1.807, 2.05) is 0 Å². The zero-order valence-corrected chi connectivity index (χ0v) is 13.2. The van der Waals surface area contributed by atoms with Crippen molar-refractivity contribution in [2.45, 2.75) is 39.7 Å². The van der Waals surface area contributed by atoms with Gasteiger partial charge < -0.3 is 11.1 Å². The number of nitrogens with two attached hydrogens (primary N) is 1. The summed E-state index contributed by atoms with van der Waals surface area (Å²) in [5, 5.41) is 2.84. The molecule has 2 rings (SSSR count). The van der Waals surface area contributed by atoms with Gasteiger partial charge in [0.1, 0.15) is 10.8 Å². The Bertz CT molecular complexity index is 571. The van der Waals surface area contributed by atoms with Crippen LogP contribution < -0.4 is 11.1 Å². The molecular formula is C16H21FN2OS. The van der Waals surface area contributed by atoms with E-state index in [2.05, 4.69) is 19.2 Å². The molecule has 21 heavy (non-hydrogen) atoms. The molecular weight excluding hydrogens is 287 g/mol. The Morgan fingerprint density at radius 1 is 1.52 bits per heavy atom. The molecule has 0 saturated heterocycles. The second kappa shape index (κ2) is 6.10. The maximum absolute atomic E-state index is 13.9. The Kier molecular flexibility index (Phi) is 4.61. The Hall–Kier alpha value is -1.49. The molecule has 0 aromatic heterocycles. The van der Waals surface area contributed by atoms with Crippen molar-refractivity contribution in [1.29, 1.82) is 0 Å². The standard InChI is InChI=1S/C16H21FN2OS/c1-16(2)7-3-4-12(16)15(20)19-9-11-6-5-10(14(18)21)8-13(11)17/h5-6,8,12H,3-4,7,9H2,1-2H3,(H2,18,21)(H,19,20). The predicted molar refractivity (Wildman–Crippen MR) is 85.3 cm³/mol.